The van der Waals surface area contributed by atoms with Crippen LogP contribution in [0.2, 0.25) is 0 Å². The molecule has 0 bridgehead atoms. The third-order valence-corrected chi connectivity index (χ3v) is 3.16. The summed E-state index contributed by atoms with van der Waals surface area (Å²) in [5, 5.41) is 9.69. The maximum Gasteiger partial charge on any atom is 0.694 e. The lowest BCUT2D eigenvalue weighted by Gasteiger charge is -2.13. The highest BCUT2D eigenvalue weighted by Crippen LogP contribution is 2.29. The number of ether oxygens (including phenoxy) is 1. The molecule has 20 heavy (non-hydrogen) atoms. The van der Waals surface area contributed by atoms with Gasteiger partial charge in [-0.05, 0) is 0 Å². The van der Waals surface area contributed by atoms with E-state index in [9.17, 15) is 23.7 Å². The average Bonchev–Trinajstić information content (AvgIpc) is 2.72. The number of aromatic amines is 1. The highest BCUT2D eigenvalue weighted by atomic mass is 31.1. The van der Waals surface area contributed by atoms with Gasteiger partial charge < -0.3 is 9.84 Å². The van der Waals surface area contributed by atoms with Crippen molar-refractivity contribution in [3.05, 3.63) is 32.9 Å². The molecule has 3 N–H and O–H groups in total. The fourth-order valence-corrected chi connectivity index (χ4v) is 2.12. The van der Waals surface area contributed by atoms with Gasteiger partial charge in [-0.25, -0.2) is 4.79 Å². The summed E-state index contributed by atoms with van der Waals surface area (Å²) < 4.78 is 34.0. The standard InChI is InChI=1S/C9H10FN2O7P/c10-4-2-12(9(15)11-8(4)14)7-1-5(13)6(19-7)3-18-20(16)17/h2,5-7,13H,1,3H2,(H-,11,14,15,16,17)/p+1/t5-,6+,7+/m0/s1. The van der Waals surface area contributed by atoms with E-state index in [2.05, 4.69) is 4.52 Å². The van der Waals surface area contributed by atoms with Crippen molar-refractivity contribution in [3.63, 3.8) is 0 Å². The van der Waals surface area contributed by atoms with Gasteiger partial charge >= 0.3 is 13.9 Å². The molecule has 11 heteroatoms. The lowest BCUT2D eigenvalue weighted by Crippen LogP contribution is -2.34. The molecule has 1 aromatic heterocycles. The number of nitrogens with zero attached hydrogens (tertiary/aromatic N) is 1. The first-order valence-corrected chi connectivity index (χ1v) is 6.65. The van der Waals surface area contributed by atoms with E-state index in [4.69, 9.17) is 9.63 Å². The van der Waals surface area contributed by atoms with Gasteiger partial charge in [-0.2, -0.15) is 4.39 Å². The average molecular weight is 309 g/mol. The highest BCUT2D eigenvalue weighted by Gasteiger charge is 2.37. The van der Waals surface area contributed by atoms with E-state index < -0.39 is 43.8 Å². The Bertz CT molecular complexity index is 629. The first kappa shape index (κ1) is 14.9. The summed E-state index contributed by atoms with van der Waals surface area (Å²) in [4.78, 5) is 32.7. The zero-order valence-electron chi connectivity index (χ0n) is 9.93. The molecule has 0 radical (unpaired) electrons. The molecule has 2 rings (SSSR count). The molecule has 1 saturated heterocycles. The van der Waals surface area contributed by atoms with Crippen molar-refractivity contribution in [1.82, 2.24) is 9.55 Å². The number of hydrogen-bond acceptors (Lipinski definition) is 6. The minimum atomic E-state index is -2.84. The Balaban J connectivity index is 2.16. The lowest BCUT2D eigenvalue weighted by molar-refractivity contribution is -0.0415. The van der Waals surface area contributed by atoms with Crippen LogP contribution in [0.1, 0.15) is 12.6 Å². The van der Waals surface area contributed by atoms with Gasteiger partial charge in [0.05, 0.1) is 12.3 Å². The van der Waals surface area contributed by atoms with Crippen molar-refractivity contribution in [3.8, 4) is 0 Å². The Hall–Kier alpha value is -1.45. The summed E-state index contributed by atoms with van der Waals surface area (Å²) >= 11 is 0. The normalized spacial score (nSPS) is 26.8. The Labute approximate surface area is 111 Å². The SMILES string of the molecule is O=c1[nH]c(=O)n([C@H]2C[C@H](O)[C@@H](CO[P+](=O)O)O2)cc1F. The van der Waals surface area contributed by atoms with Crippen molar-refractivity contribution in [2.24, 2.45) is 0 Å². The van der Waals surface area contributed by atoms with Crippen LogP contribution in [0.3, 0.4) is 0 Å². The van der Waals surface area contributed by atoms with Crippen molar-refractivity contribution >= 4 is 8.25 Å². The molecule has 1 unspecified atom stereocenters. The predicted molar refractivity (Wildman–Crippen MR) is 61.6 cm³/mol. The van der Waals surface area contributed by atoms with Crippen LogP contribution in [-0.2, 0) is 13.8 Å². The Kier molecular flexibility index (Phi) is 4.41. The van der Waals surface area contributed by atoms with E-state index in [1.807, 2.05) is 0 Å². The zero-order chi connectivity index (χ0) is 14.9. The van der Waals surface area contributed by atoms with Crippen LogP contribution < -0.4 is 11.2 Å². The molecular formula is C9H11FN2O7P+. The van der Waals surface area contributed by atoms with Gasteiger partial charge in [0.25, 0.3) is 5.56 Å². The second kappa shape index (κ2) is 5.90. The molecule has 1 aliphatic heterocycles. The molecule has 9 nitrogen and oxygen atoms in total. The van der Waals surface area contributed by atoms with Crippen LogP contribution in [0.4, 0.5) is 4.39 Å². The topological polar surface area (TPSA) is 131 Å². The summed E-state index contributed by atoms with van der Waals surface area (Å²) in [6.07, 6.45) is -2.38. The van der Waals surface area contributed by atoms with Gasteiger partial charge in [0.1, 0.15) is 18.9 Å². The van der Waals surface area contributed by atoms with Crippen LogP contribution in [0, 0.1) is 5.82 Å². The first-order chi connectivity index (χ1) is 9.38. The van der Waals surface area contributed by atoms with Gasteiger partial charge in [0.2, 0.25) is 5.82 Å². The van der Waals surface area contributed by atoms with Gasteiger partial charge in [-0.3, -0.25) is 14.3 Å². The molecule has 4 atom stereocenters. The number of hydrogen-bond donors (Lipinski definition) is 3. The number of aliphatic hydroxyl groups is 1. The molecule has 110 valence electrons. The molecule has 2 heterocycles. The van der Waals surface area contributed by atoms with E-state index in [1.165, 1.54) is 0 Å². The first-order valence-electron chi connectivity index (χ1n) is 5.52. The summed E-state index contributed by atoms with van der Waals surface area (Å²) in [5.41, 5.74) is -2.04. The second-order valence-corrected chi connectivity index (χ2v) is 4.84. The quantitative estimate of drug-likeness (QED) is 0.607. The number of H-pyrrole nitrogens is 1. The molecule has 0 amide bonds. The van der Waals surface area contributed by atoms with Gasteiger partial charge in [-0.1, -0.05) is 0 Å². The molecule has 1 fully saturated rings. The summed E-state index contributed by atoms with van der Waals surface area (Å²) in [6.45, 7) is -0.357. The summed E-state index contributed by atoms with van der Waals surface area (Å²) in [6, 6.07) is 0. The monoisotopic (exact) mass is 309 g/mol. The van der Waals surface area contributed by atoms with Crippen molar-refractivity contribution in [2.75, 3.05) is 6.61 Å². The van der Waals surface area contributed by atoms with Crippen LogP contribution in [-0.4, -0.2) is 38.4 Å². The van der Waals surface area contributed by atoms with Crippen molar-refractivity contribution in [2.45, 2.75) is 24.9 Å². The Morgan fingerprint density at radius 2 is 2.30 bits per heavy atom. The smallest absolute Gasteiger partial charge is 0.390 e. The fraction of sp³-hybridized carbons (Fsp3) is 0.556. The zero-order valence-corrected chi connectivity index (χ0v) is 10.8. The summed E-state index contributed by atoms with van der Waals surface area (Å²) in [7, 11) is -2.84. The number of aliphatic hydroxyl groups excluding tert-OH is 1. The van der Waals surface area contributed by atoms with E-state index in [0.29, 0.717) is 6.20 Å². The maximum atomic E-state index is 13.1. The second-order valence-electron chi connectivity index (χ2n) is 4.11. The highest BCUT2D eigenvalue weighted by molar-refractivity contribution is 7.32. The van der Waals surface area contributed by atoms with Gasteiger partial charge in [0.15, 0.2) is 0 Å². The van der Waals surface area contributed by atoms with Crippen LogP contribution in [0.25, 0.3) is 0 Å². The maximum absolute atomic E-state index is 13.1. The van der Waals surface area contributed by atoms with Crippen LogP contribution >= 0.6 is 8.25 Å². The summed E-state index contributed by atoms with van der Waals surface area (Å²) in [5.74, 6) is -1.17. The van der Waals surface area contributed by atoms with Crippen molar-refractivity contribution in [1.29, 1.82) is 0 Å². The number of halogens is 1. The molecule has 0 aromatic carbocycles. The number of aromatic nitrogens is 2. The third kappa shape index (κ3) is 3.17. The Morgan fingerprint density at radius 3 is 2.95 bits per heavy atom. The number of rotatable bonds is 4. The van der Waals surface area contributed by atoms with Crippen molar-refractivity contribution < 1.29 is 28.2 Å². The lowest BCUT2D eigenvalue weighted by atomic mass is 10.2. The fourth-order valence-electron chi connectivity index (χ4n) is 1.85. The number of nitrogens with one attached hydrogen (secondary N) is 1. The molecule has 1 aromatic rings. The van der Waals surface area contributed by atoms with E-state index >= 15 is 0 Å². The minimum Gasteiger partial charge on any atom is -0.390 e. The third-order valence-electron chi connectivity index (χ3n) is 2.79. The molecular weight excluding hydrogens is 298 g/mol. The van der Waals surface area contributed by atoms with E-state index in [1.54, 1.807) is 4.98 Å². The van der Waals surface area contributed by atoms with E-state index in [-0.39, 0.29) is 13.0 Å². The predicted octanol–water partition coefficient (Wildman–Crippen LogP) is -1.01. The van der Waals surface area contributed by atoms with Gasteiger partial charge in [0, 0.05) is 11.0 Å². The van der Waals surface area contributed by atoms with Crippen LogP contribution in [0.15, 0.2) is 15.8 Å². The molecule has 0 saturated carbocycles. The molecule has 0 spiro atoms. The van der Waals surface area contributed by atoms with E-state index in [0.717, 1.165) is 4.57 Å². The molecule has 0 aliphatic carbocycles. The van der Waals surface area contributed by atoms with Crippen LogP contribution in [0.5, 0.6) is 0 Å². The molecule has 1 aliphatic rings. The minimum absolute atomic E-state index is 0.0539. The Morgan fingerprint density at radius 1 is 1.60 bits per heavy atom. The van der Waals surface area contributed by atoms with Gasteiger partial charge in [-0.15, -0.1) is 9.42 Å². The largest absolute Gasteiger partial charge is 0.694 e.